The number of nitrogens with zero attached hydrogens (tertiary/aromatic N) is 5. The molecule has 43 heavy (non-hydrogen) atoms. The van der Waals surface area contributed by atoms with Gasteiger partial charge in [0.2, 0.25) is 0 Å². The van der Waals surface area contributed by atoms with E-state index < -0.39 is 8.32 Å². The van der Waals surface area contributed by atoms with E-state index in [1.807, 2.05) is 31.2 Å². The van der Waals surface area contributed by atoms with Gasteiger partial charge in [0.1, 0.15) is 5.76 Å². The van der Waals surface area contributed by atoms with Crippen LogP contribution in [0.2, 0.25) is 18.1 Å². The van der Waals surface area contributed by atoms with Crippen molar-refractivity contribution in [2.75, 3.05) is 54.5 Å². The lowest BCUT2D eigenvalue weighted by atomic mass is 10.2. The number of anilines is 3. The van der Waals surface area contributed by atoms with E-state index in [0.29, 0.717) is 42.7 Å². The standard InChI is InChI=1S/C31H40N6O4SSi/c1-20-17-21(9-11-32-20)24-7-8-25(40-24)29(38)33-23-18-26-27(35-30(42-26)36-13-15-39-16-14-36)34-28(23)37-12-10-22(19-37)41-43(5,6)31(2,3)4/h7-9,11,17-18,22H,10,12-16,19H2,1-6H3,(H,33,38). The number of hydrogen-bond donors (Lipinski definition) is 1. The molecule has 1 N–H and O–H groups in total. The molecule has 6 heterocycles. The van der Waals surface area contributed by atoms with Gasteiger partial charge >= 0.3 is 0 Å². The van der Waals surface area contributed by atoms with Gasteiger partial charge in [0, 0.05) is 43.6 Å². The summed E-state index contributed by atoms with van der Waals surface area (Å²) in [5, 5.41) is 4.16. The summed E-state index contributed by atoms with van der Waals surface area (Å²) in [4.78, 5) is 32.2. The number of aromatic nitrogens is 3. The first-order valence-electron chi connectivity index (χ1n) is 14.9. The summed E-state index contributed by atoms with van der Waals surface area (Å²) in [6.07, 6.45) is 2.75. The molecule has 10 nitrogen and oxygen atoms in total. The third kappa shape index (κ3) is 6.33. The van der Waals surface area contributed by atoms with Crippen LogP contribution in [-0.4, -0.2) is 74.7 Å². The molecule has 1 unspecified atom stereocenters. The van der Waals surface area contributed by atoms with Crippen LogP contribution in [-0.2, 0) is 9.16 Å². The number of carbonyl (C=O) groups excluding carboxylic acids is 1. The number of thiazole rings is 1. The topological polar surface area (TPSA) is 106 Å². The van der Waals surface area contributed by atoms with Crippen molar-refractivity contribution in [3.05, 3.63) is 48.0 Å². The minimum absolute atomic E-state index is 0.109. The maximum atomic E-state index is 13.5. The zero-order chi connectivity index (χ0) is 30.4. The Morgan fingerprint density at radius 2 is 1.88 bits per heavy atom. The molecule has 12 heteroatoms. The number of rotatable bonds is 7. The summed E-state index contributed by atoms with van der Waals surface area (Å²) in [6.45, 7) is 17.8. The van der Waals surface area contributed by atoms with E-state index in [4.69, 9.17) is 23.5 Å². The van der Waals surface area contributed by atoms with Gasteiger partial charge in [-0.2, -0.15) is 4.98 Å². The molecule has 2 aliphatic heterocycles. The Labute approximate surface area is 257 Å². The zero-order valence-corrected chi connectivity index (χ0v) is 27.6. The van der Waals surface area contributed by atoms with E-state index in [9.17, 15) is 4.79 Å². The van der Waals surface area contributed by atoms with Gasteiger partial charge in [-0.05, 0) is 61.8 Å². The Kier molecular flexibility index (Phi) is 8.05. The third-order valence-electron chi connectivity index (χ3n) is 8.60. The van der Waals surface area contributed by atoms with Crippen molar-refractivity contribution >= 4 is 52.5 Å². The SMILES string of the molecule is Cc1cc(-c2ccc(C(=O)Nc3cc4sc(N5CCOCC5)nc4nc3N3CCC(O[Si](C)(C)C(C)(C)C)C3)o2)ccn1. The first-order valence-corrected chi connectivity index (χ1v) is 18.6. The van der Waals surface area contributed by atoms with Crippen LogP contribution in [0.1, 0.15) is 43.4 Å². The summed E-state index contributed by atoms with van der Waals surface area (Å²) >= 11 is 1.58. The van der Waals surface area contributed by atoms with E-state index in [1.165, 1.54) is 0 Å². The van der Waals surface area contributed by atoms with E-state index in [1.54, 1.807) is 23.6 Å². The zero-order valence-electron chi connectivity index (χ0n) is 25.8. The molecule has 2 saturated heterocycles. The fourth-order valence-corrected chi connectivity index (χ4v) is 7.55. The highest BCUT2D eigenvalue weighted by atomic mass is 32.1. The molecular weight excluding hydrogens is 581 g/mol. The van der Waals surface area contributed by atoms with Gasteiger partial charge in [-0.25, -0.2) is 4.98 Å². The van der Waals surface area contributed by atoms with Gasteiger partial charge < -0.3 is 28.7 Å². The van der Waals surface area contributed by atoms with Crippen LogP contribution >= 0.6 is 11.3 Å². The molecule has 1 atom stereocenters. The van der Waals surface area contributed by atoms with Crippen molar-refractivity contribution in [2.24, 2.45) is 0 Å². The molecule has 0 aromatic carbocycles. The number of morpholine rings is 1. The molecule has 0 bridgehead atoms. The molecule has 0 spiro atoms. The maximum absolute atomic E-state index is 13.5. The molecule has 0 saturated carbocycles. The fraction of sp³-hybridized carbons (Fsp3) is 0.484. The molecule has 2 aliphatic rings. The Hall–Kier alpha value is -3.32. The second-order valence-corrected chi connectivity index (χ2v) is 18.6. The minimum Gasteiger partial charge on any atom is -0.451 e. The van der Waals surface area contributed by atoms with Crippen molar-refractivity contribution in [1.29, 1.82) is 0 Å². The number of furan rings is 1. The molecule has 1 amide bonds. The highest BCUT2D eigenvalue weighted by Crippen LogP contribution is 2.40. The van der Waals surface area contributed by atoms with Crippen LogP contribution in [0.15, 0.2) is 40.9 Å². The summed E-state index contributed by atoms with van der Waals surface area (Å²) in [7, 11) is -1.93. The summed E-state index contributed by atoms with van der Waals surface area (Å²) < 4.78 is 19.2. The Bertz CT molecular complexity index is 1620. The number of nitrogens with one attached hydrogen (secondary N) is 1. The Morgan fingerprint density at radius 1 is 1.09 bits per heavy atom. The lowest BCUT2D eigenvalue weighted by molar-refractivity contribution is 0.0997. The quantitative estimate of drug-likeness (QED) is 0.237. The number of hydrogen-bond acceptors (Lipinski definition) is 10. The number of carbonyl (C=O) groups is 1. The second-order valence-electron chi connectivity index (χ2n) is 12.8. The van der Waals surface area contributed by atoms with Gasteiger partial charge in [0.25, 0.3) is 5.91 Å². The lowest BCUT2D eigenvalue weighted by Crippen LogP contribution is -2.44. The normalized spacial score (nSPS) is 18.0. The van der Waals surface area contributed by atoms with E-state index in [2.05, 4.69) is 54.0 Å². The summed E-state index contributed by atoms with van der Waals surface area (Å²) in [6, 6.07) is 9.31. The van der Waals surface area contributed by atoms with Crippen LogP contribution in [0, 0.1) is 6.92 Å². The average Bonchev–Trinajstić information content (AvgIpc) is 3.72. The highest BCUT2D eigenvalue weighted by Gasteiger charge is 2.41. The molecular formula is C31H40N6O4SSi. The van der Waals surface area contributed by atoms with Gasteiger partial charge in [0.05, 0.1) is 29.7 Å². The van der Waals surface area contributed by atoms with Crippen LogP contribution in [0.3, 0.4) is 0 Å². The summed E-state index contributed by atoms with van der Waals surface area (Å²) in [5.41, 5.74) is 3.08. The van der Waals surface area contributed by atoms with Crippen molar-refractivity contribution in [1.82, 2.24) is 15.0 Å². The molecule has 2 fully saturated rings. The predicted molar refractivity (Wildman–Crippen MR) is 174 cm³/mol. The van der Waals surface area contributed by atoms with Gasteiger partial charge in [-0.1, -0.05) is 32.1 Å². The van der Waals surface area contributed by atoms with E-state index >= 15 is 0 Å². The molecule has 0 aliphatic carbocycles. The summed E-state index contributed by atoms with van der Waals surface area (Å²) in [5.74, 6) is 1.23. The van der Waals surface area contributed by atoms with Crippen LogP contribution in [0.25, 0.3) is 21.7 Å². The first kappa shape index (κ1) is 29.7. The number of amides is 1. The highest BCUT2D eigenvalue weighted by molar-refractivity contribution is 7.22. The Morgan fingerprint density at radius 3 is 2.63 bits per heavy atom. The molecule has 228 valence electrons. The minimum atomic E-state index is -1.93. The van der Waals surface area contributed by atoms with Crippen LogP contribution < -0.4 is 15.1 Å². The van der Waals surface area contributed by atoms with Crippen LogP contribution in [0.4, 0.5) is 16.6 Å². The lowest BCUT2D eigenvalue weighted by Gasteiger charge is -2.38. The number of aryl methyl sites for hydroxylation is 1. The predicted octanol–water partition coefficient (Wildman–Crippen LogP) is 6.34. The molecule has 6 rings (SSSR count). The second kappa shape index (κ2) is 11.6. The van der Waals surface area contributed by atoms with Gasteiger partial charge in [0.15, 0.2) is 30.7 Å². The Balaban J connectivity index is 1.29. The maximum Gasteiger partial charge on any atom is 0.291 e. The van der Waals surface area contributed by atoms with E-state index in [0.717, 1.165) is 47.1 Å². The van der Waals surface area contributed by atoms with Gasteiger partial charge in [-0.3, -0.25) is 9.78 Å². The number of ether oxygens (including phenoxy) is 1. The average molecular weight is 621 g/mol. The van der Waals surface area contributed by atoms with Crippen molar-refractivity contribution in [3.8, 4) is 11.3 Å². The van der Waals surface area contributed by atoms with Crippen LogP contribution in [0.5, 0.6) is 0 Å². The molecule has 4 aromatic rings. The fourth-order valence-electron chi connectivity index (χ4n) is 5.17. The number of pyridine rings is 2. The largest absolute Gasteiger partial charge is 0.451 e. The smallest absolute Gasteiger partial charge is 0.291 e. The van der Waals surface area contributed by atoms with Crippen molar-refractivity contribution in [2.45, 2.75) is 58.4 Å². The van der Waals surface area contributed by atoms with Gasteiger partial charge in [-0.15, -0.1) is 0 Å². The van der Waals surface area contributed by atoms with Crippen molar-refractivity contribution in [3.63, 3.8) is 0 Å². The molecule has 4 aromatic heterocycles. The van der Waals surface area contributed by atoms with E-state index in [-0.39, 0.29) is 22.8 Å². The number of fused-ring (bicyclic) bond motifs is 1. The monoisotopic (exact) mass is 620 g/mol. The van der Waals surface area contributed by atoms with Crippen molar-refractivity contribution < 1.29 is 18.4 Å². The first-order chi connectivity index (χ1) is 20.5. The third-order valence-corrected chi connectivity index (χ3v) is 14.2. The molecule has 0 radical (unpaired) electrons.